The minimum Gasteiger partial charge on any atom is -0.497 e. The Bertz CT molecular complexity index is 741. The van der Waals surface area contributed by atoms with Crippen LogP contribution in [0.2, 0.25) is 0 Å². The molecule has 0 spiro atoms. The molecule has 0 bridgehead atoms. The van der Waals surface area contributed by atoms with Crippen molar-refractivity contribution in [2.75, 3.05) is 20.2 Å². The van der Waals surface area contributed by atoms with E-state index in [9.17, 15) is 8.42 Å². The number of ether oxygens (including phenoxy) is 1. The summed E-state index contributed by atoms with van der Waals surface area (Å²) in [6.45, 7) is 3.61. The molecule has 0 amide bonds. The van der Waals surface area contributed by atoms with Gasteiger partial charge in [-0.2, -0.15) is 8.42 Å². The predicted octanol–water partition coefficient (Wildman–Crippen LogP) is 3.04. The van der Waals surface area contributed by atoms with Crippen LogP contribution >= 0.6 is 0 Å². The molecule has 5 nitrogen and oxygen atoms in total. The van der Waals surface area contributed by atoms with Crippen molar-refractivity contribution in [2.45, 2.75) is 32.6 Å². The van der Waals surface area contributed by atoms with Crippen LogP contribution in [-0.4, -0.2) is 39.4 Å². The fourth-order valence-electron chi connectivity index (χ4n) is 3.21. The van der Waals surface area contributed by atoms with Gasteiger partial charge in [-0.25, -0.2) is 0 Å². The Balaban J connectivity index is 1.98. The second-order valence-corrected chi connectivity index (χ2v) is 7.51. The van der Waals surface area contributed by atoms with Gasteiger partial charge >= 0.3 is 0 Å². The third-order valence-corrected chi connectivity index (χ3v) is 5.87. The number of methoxy groups -OCH3 is 1. The van der Waals surface area contributed by atoms with E-state index in [0.29, 0.717) is 22.1 Å². The molecule has 23 heavy (non-hydrogen) atoms. The van der Waals surface area contributed by atoms with E-state index in [0.717, 1.165) is 31.5 Å². The van der Waals surface area contributed by atoms with Crippen molar-refractivity contribution in [1.29, 1.82) is 0 Å². The van der Waals surface area contributed by atoms with Crippen molar-refractivity contribution < 1.29 is 13.2 Å². The molecule has 0 radical (unpaired) electrons. The summed E-state index contributed by atoms with van der Waals surface area (Å²) in [7, 11) is -2.04. The van der Waals surface area contributed by atoms with E-state index in [1.54, 1.807) is 31.4 Å². The van der Waals surface area contributed by atoms with E-state index in [2.05, 4.69) is 9.30 Å². The van der Waals surface area contributed by atoms with Crippen LogP contribution in [0.4, 0.5) is 0 Å². The third-order valence-electron chi connectivity index (χ3n) is 4.40. The van der Waals surface area contributed by atoms with Gasteiger partial charge in [0.2, 0.25) is 0 Å². The zero-order valence-electron chi connectivity index (χ0n) is 13.6. The Kier molecular flexibility index (Phi) is 4.43. The Morgan fingerprint density at radius 1 is 1.04 bits per heavy atom. The zero-order valence-corrected chi connectivity index (χ0v) is 14.4. The van der Waals surface area contributed by atoms with Crippen LogP contribution in [0.1, 0.15) is 38.2 Å². The standard InChI is InChI=1S/C17H22N2O3S/c1-13-16(14-7-9-15(22-2)10-8-14)23(20,21)18-17(13)19-11-5-3-4-6-12-19/h7-10H,3-6,11-12H2,1-2H3. The van der Waals surface area contributed by atoms with Crippen LogP contribution in [-0.2, 0) is 10.0 Å². The molecule has 6 heteroatoms. The number of nitrogens with zero attached hydrogens (tertiary/aromatic N) is 2. The molecule has 0 atom stereocenters. The molecule has 0 N–H and O–H groups in total. The van der Waals surface area contributed by atoms with E-state index in [1.165, 1.54) is 12.8 Å². The molecule has 0 aliphatic carbocycles. The van der Waals surface area contributed by atoms with Gasteiger partial charge in [-0.15, -0.1) is 4.40 Å². The van der Waals surface area contributed by atoms with Crippen molar-refractivity contribution in [3.63, 3.8) is 0 Å². The number of likely N-dealkylation sites (tertiary alicyclic amines) is 1. The lowest BCUT2D eigenvalue weighted by atomic mass is 10.1. The highest BCUT2D eigenvalue weighted by atomic mass is 32.2. The van der Waals surface area contributed by atoms with E-state index in [-0.39, 0.29) is 0 Å². The third kappa shape index (κ3) is 3.13. The molecule has 1 saturated heterocycles. The maximum atomic E-state index is 12.6. The van der Waals surface area contributed by atoms with Crippen LogP contribution in [0, 0.1) is 0 Å². The van der Waals surface area contributed by atoms with Crippen molar-refractivity contribution in [2.24, 2.45) is 4.40 Å². The van der Waals surface area contributed by atoms with Gasteiger partial charge in [0.1, 0.15) is 16.5 Å². The molecule has 1 aromatic carbocycles. The maximum absolute atomic E-state index is 12.6. The first-order valence-corrected chi connectivity index (χ1v) is 9.42. The van der Waals surface area contributed by atoms with Gasteiger partial charge in [0, 0.05) is 18.7 Å². The second-order valence-electron chi connectivity index (χ2n) is 5.97. The largest absolute Gasteiger partial charge is 0.497 e. The SMILES string of the molecule is COc1ccc(C2=C(C)C(N3CCCCCC3)=NS2(=O)=O)cc1. The van der Waals surface area contributed by atoms with Crippen LogP contribution in [0.25, 0.3) is 4.91 Å². The molecule has 1 aromatic rings. The van der Waals surface area contributed by atoms with Gasteiger partial charge in [-0.05, 0) is 49.6 Å². The molecule has 124 valence electrons. The lowest BCUT2D eigenvalue weighted by Crippen LogP contribution is -2.31. The van der Waals surface area contributed by atoms with E-state index in [1.807, 2.05) is 6.92 Å². The summed E-state index contributed by atoms with van der Waals surface area (Å²) in [6, 6.07) is 7.09. The van der Waals surface area contributed by atoms with Crippen LogP contribution in [0.15, 0.2) is 34.2 Å². The molecule has 2 heterocycles. The van der Waals surface area contributed by atoms with Crippen LogP contribution in [0.3, 0.4) is 0 Å². The second kappa shape index (κ2) is 6.35. The molecular weight excluding hydrogens is 312 g/mol. The first kappa shape index (κ1) is 16.1. The van der Waals surface area contributed by atoms with Crippen molar-refractivity contribution in [1.82, 2.24) is 4.90 Å². The Hall–Kier alpha value is -1.82. The fourth-order valence-corrected chi connectivity index (χ4v) is 4.69. The highest BCUT2D eigenvalue weighted by Gasteiger charge is 2.33. The quantitative estimate of drug-likeness (QED) is 0.834. The minimum absolute atomic E-state index is 0.319. The number of rotatable bonds is 2. The molecule has 0 aromatic heterocycles. The summed E-state index contributed by atoms with van der Waals surface area (Å²) >= 11 is 0. The molecule has 0 saturated carbocycles. The summed E-state index contributed by atoms with van der Waals surface area (Å²) in [6.07, 6.45) is 4.57. The lowest BCUT2D eigenvalue weighted by Gasteiger charge is -2.22. The van der Waals surface area contributed by atoms with Gasteiger partial charge < -0.3 is 9.64 Å². The van der Waals surface area contributed by atoms with E-state index >= 15 is 0 Å². The number of hydrogen-bond acceptors (Lipinski definition) is 4. The van der Waals surface area contributed by atoms with Gasteiger partial charge in [-0.3, -0.25) is 0 Å². The Morgan fingerprint density at radius 3 is 2.22 bits per heavy atom. The normalized spacial score (nSPS) is 21.1. The smallest absolute Gasteiger partial charge is 0.285 e. The van der Waals surface area contributed by atoms with Crippen molar-refractivity contribution >= 4 is 20.8 Å². The number of hydrogen-bond donors (Lipinski definition) is 0. The minimum atomic E-state index is -3.63. The predicted molar refractivity (Wildman–Crippen MR) is 92.0 cm³/mol. The van der Waals surface area contributed by atoms with Gasteiger partial charge in [0.05, 0.1) is 7.11 Å². The van der Waals surface area contributed by atoms with Crippen LogP contribution in [0.5, 0.6) is 5.75 Å². The molecule has 2 aliphatic rings. The van der Waals surface area contributed by atoms with E-state index in [4.69, 9.17) is 4.74 Å². The highest BCUT2D eigenvalue weighted by molar-refractivity contribution is 8.00. The summed E-state index contributed by atoms with van der Waals surface area (Å²) in [4.78, 5) is 2.44. The zero-order chi connectivity index (χ0) is 16.4. The summed E-state index contributed by atoms with van der Waals surface area (Å²) < 4.78 is 34.3. The highest BCUT2D eigenvalue weighted by Crippen LogP contribution is 2.34. The summed E-state index contributed by atoms with van der Waals surface area (Å²) in [5.41, 5.74) is 1.41. The van der Waals surface area contributed by atoms with Gasteiger partial charge in [-0.1, -0.05) is 12.8 Å². The molecule has 3 rings (SSSR count). The Morgan fingerprint density at radius 2 is 1.65 bits per heavy atom. The maximum Gasteiger partial charge on any atom is 0.285 e. The van der Waals surface area contributed by atoms with E-state index < -0.39 is 10.0 Å². The molecule has 0 unspecified atom stereocenters. The first-order chi connectivity index (χ1) is 11.0. The van der Waals surface area contributed by atoms with Gasteiger partial charge in [0.15, 0.2) is 0 Å². The number of sulfonamides is 1. The average molecular weight is 334 g/mol. The number of amidine groups is 1. The topological polar surface area (TPSA) is 59.0 Å². The lowest BCUT2D eigenvalue weighted by molar-refractivity contribution is 0.415. The molecule has 1 fully saturated rings. The van der Waals surface area contributed by atoms with Crippen molar-refractivity contribution in [3.05, 3.63) is 35.4 Å². The van der Waals surface area contributed by atoms with Crippen molar-refractivity contribution in [3.8, 4) is 5.75 Å². The summed E-state index contributed by atoms with van der Waals surface area (Å²) in [5, 5.41) is 0. The number of benzene rings is 1. The first-order valence-electron chi connectivity index (χ1n) is 7.98. The van der Waals surface area contributed by atoms with Gasteiger partial charge in [0.25, 0.3) is 10.0 Å². The Labute approximate surface area is 137 Å². The summed E-state index contributed by atoms with van der Waals surface area (Å²) in [5.74, 6) is 1.33. The fraction of sp³-hybridized carbons (Fsp3) is 0.471. The van der Waals surface area contributed by atoms with Crippen LogP contribution < -0.4 is 4.74 Å². The monoisotopic (exact) mass is 334 g/mol. The average Bonchev–Trinajstić information content (AvgIpc) is 2.74. The molecule has 2 aliphatic heterocycles. The molecular formula is C17H22N2O3S.